The number of carbonyl (C=O) groups excluding carboxylic acids is 2. The number of nitrogens with zero attached hydrogens (tertiary/aromatic N) is 3. The first kappa shape index (κ1) is 20.9. The van der Waals surface area contributed by atoms with Gasteiger partial charge >= 0.3 is 0 Å². The summed E-state index contributed by atoms with van der Waals surface area (Å²) in [5, 5.41) is 3.48. The van der Waals surface area contributed by atoms with Gasteiger partial charge in [0.2, 0.25) is 0 Å². The van der Waals surface area contributed by atoms with Crippen molar-refractivity contribution in [2.45, 2.75) is 18.8 Å². The van der Waals surface area contributed by atoms with Crippen molar-refractivity contribution in [1.29, 1.82) is 0 Å². The van der Waals surface area contributed by atoms with Gasteiger partial charge in [0.15, 0.2) is 0 Å². The summed E-state index contributed by atoms with van der Waals surface area (Å²) in [6.45, 7) is 0.814. The maximum atomic E-state index is 13.4. The van der Waals surface area contributed by atoms with Crippen molar-refractivity contribution < 1.29 is 18.4 Å². The molecule has 0 unspecified atom stereocenters. The molecule has 2 amide bonds. The summed E-state index contributed by atoms with van der Waals surface area (Å²) in [6, 6.07) is 10.6. The highest BCUT2D eigenvalue weighted by Gasteiger charge is 2.35. The average molecular weight is 427 g/mol. The van der Waals surface area contributed by atoms with E-state index in [0.29, 0.717) is 29.9 Å². The highest BCUT2D eigenvalue weighted by molar-refractivity contribution is 5.97. The van der Waals surface area contributed by atoms with Crippen molar-refractivity contribution in [3.05, 3.63) is 59.9 Å². The van der Waals surface area contributed by atoms with Gasteiger partial charge in [0.25, 0.3) is 17.7 Å². The van der Waals surface area contributed by atoms with Crippen LogP contribution in [0.2, 0.25) is 0 Å². The Morgan fingerprint density at radius 1 is 1.13 bits per heavy atom. The number of likely N-dealkylation sites (tertiary alicyclic amines) is 1. The van der Waals surface area contributed by atoms with E-state index < -0.39 is 5.92 Å². The molecule has 3 heterocycles. The van der Waals surface area contributed by atoms with E-state index in [1.807, 2.05) is 22.9 Å². The number of benzene rings is 1. The lowest BCUT2D eigenvalue weighted by atomic mass is 10.1. The van der Waals surface area contributed by atoms with E-state index in [1.54, 1.807) is 24.3 Å². The SMILES string of the molecule is NCCNC(=O)c1cccc(-n2ccc3cc(C(=O)N4CCC(F)(F)CC4)cnc32)c1. The molecule has 3 N–H and O–H groups in total. The summed E-state index contributed by atoms with van der Waals surface area (Å²) in [7, 11) is 0. The van der Waals surface area contributed by atoms with Gasteiger partial charge in [0.05, 0.1) is 5.56 Å². The first-order chi connectivity index (χ1) is 14.9. The first-order valence-corrected chi connectivity index (χ1v) is 10.1. The Bertz CT molecular complexity index is 1120. The van der Waals surface area contributed by atoms with Gasteiger partial charge in [-0.3, -0.25) is 9.59 Å². The molecule has 1 saturated heterocycles. The summed E-state index contributed by atoms with van der Waals surface area (Å²) in [5.74, 6) is -3.21. The third kappa shape index (κ3) is 4.41. The molecule has 1 aliphatic heterocycles. The fourth-order valence-corrected chi connectivity index (χ4v) is 3.65. The normalized spacial score (nSPS) is 15.8. The van der Waals surface area contributed by atoms with E-state index in [1.165, 1.54) is 11.1 Å². The number of hydrogen-bond acceptors (Lipinski definition) is 4. The van der Waals surface area contributed by atoms with Crippen LogP contribution >= 0.6 is 0 Å². The largest absolute Gasteiger partial charge is 0.351 e. The summed E-state index contributed by atoms with van der Waals surface area (Å²) >= 11 is 0. The van der Waals surface area contributed by atoms with E-state index in [9.17, 15) is 18.4 Å². The minimum Gasteiger partial charge on any atom is -0.351 e. The van der Waals surface area contributed by atoms with Crippen LogP contribution in [-0.4, -0.2) is 58.4 Å². The molecule has 4 rings (SSSR count). The fraction of sp³-hybridized carbons (Fsp3) is 0.318. The van der Waals surface area contributed by atoms with Crippen LogP contribution in [0.15, 0.2) is 48.8 Å². The lowest BCUT2D eigenvalue weighted by molar-refractivity contribution is -0.0494. The second-order valence-electron chi connectivity index (χ2n) is 7.57. The molecule has 162 valence electrons. The topological polar surface area (TPSA) is 93.2 Å². The third-order valence-electron chi connectivity index (χ3n) is 5.37. The van der Waals surface area contributed by atoms with Crippen molar-refractivity contribution >= 4 is 22.8 Å². The van der Waals surface area contributed by atoms with E-state index in [-0.39, 0.29) is 37.7 Å². The van der Waals surface area contributed by atoms with Crippen molar-refractivity contribution in [3.8, 4) is 5.69 Å². The average Bonchev–Trinajstić information content (AvgIpc) is 3.20. The number of piperidine rings is 1. The molecule has 0 saturated carbocycles. The second-order valence-corrected chi connectivity index (χ2v) is 7.57. The number of pyridine rings is 1. The standard InChI is InChI=1S/C22H23F2N5O2/c23-22(24)5-10-28(11-6-22)21(31)17-12-15-4-9-29(19(15)27-14-17)18-3-1-2-16(13-18)20(30)26-8-7-25/h1-4,9,12-14H,5-8,10-11,25H2,(H,26,30). The number of nitrogens with one attached hydrogen (secondary N) is 1. The molecule has 7 nitrogen and oxygen atoms in total. The van der Waals surface area contributed by atoms with E-state index in [0.717, 1.165) is 11.1 Å². The van der Waals surface area contributed by atoms with Crippen LogP contribution in [0, 0.1) is 0 Å². The molecule has 0 radical (unpaired) electrons. The van der Waals surface area contributed by atoms with Crippen molar-refractivity contribution in [1.82, 2.24) is 19.8 Å². The Morgan fingerprint density at radius 2 is 1.90 bits per heavy atom. The van der Waals surface area contributed by atoms with Crippen molar-refractivity contribution in [2.75, 3.05) is 26.2 Å². The van der Waals surface area contributed by atoms with Gasteiger partial charge in [-0.25, -0.2) is 13.8 Å². The van der Waals surface area contributed by atoms with Crippen LogP contribution in [0.25, 0.3) is 16.7 Å². The lowest BCUT2D eigenvalue weighted by Gasteiger charge is -2.31. The lowest BCUT2D eigenvalue weighted by Crippen LogP contribution is -2.42. The Balaban J connectivity index is 1.57. The van der Waals surface area contributed by atoms with Gasteiger partial charge < -0.3 is 20.5 Å². The van der Waals surface area contributed by atoms with Gasteiger partial charge in [0.1, 0.15) is 5.65 Å². The maximum absolute atomic E-state index is 13.4. The maximum Gasteiger partial charge on any atom is 0.255 e. The molecule has 0 bridgehead atoms. The highest BCUT2D eigenvalue weighted by Crippen LogP contribution is 2.29. The quantitative estimate of drug-likeness (QED) is 0.655. The number of halogens is 2. The van der Waals surface area contributed by atoms with Crippen LogP contribution in [0.5, 0.6) is 0 Å². The smallest absolute Gasteiger partial charge is 0.255 e. The molecule has 0 atom stereocenters. The van der Waals surface area contributed by atoms with Crippen LogP contribution in [-0.2, 0) is 0 Å². The van der Waals surface area contributed by atoms with Gasteiger partial charge in [-0.2, -0.15) is 0 Å². The molecular weight excluding hydrogens is 404 g/mol. The fourth-order valence-electron chi connectivity index (χ4n) is 3.65. The summed E-state index contributed by atoms with van der Waals surface area (Å²) in [6.07, 6.45) is 2.63. The Hall–Kier alpha value is -3.33. The third-order valence-corrected chi connectivity index (χ3v) is 5.37. The summed E-state index contributed by atoms with van der Waals surface area (Å²) < 4.78 is 28.6. The Morgan fingerprint density at radius 3 is 2.65 bits per heavy atom. The van der Waals surface area contributed by atoms with Gasteiger partial charge in [-0.15, -0.1) is 0 Å². The zero-order valence-electron chi connectivity index (χ0n) is 16.9. The number of aromatic nitrogens is 2. The zero-order valence-corrected chi connectivity index (χ0v) is 16.9. The monoisotopic (exact) mass is 427 g/mol. The molecule has 0 spiro atoms. The zero-order chi connectivity index (χ0) is 22.0. The number of rotatable bonds is 5. The second kappa shape index (κ2) is 8.43. The van der Waals surface area contributed by atoms with Gasteiger partial charge in [0, 0.05) is 68.1 Å². The molecule has 31 heavy (non-hydrogen) atoms. The highest BCUT2D eigenvalue weighted by atomic mass is 19.3. The Kier molecular flexibility index (Phi) is 5.69. The van der Waals surface area contributed by atoms with E-state index in [2.05, 4.69) is 10.3 Å². The minimum atomic E-state index is -2.70. The number of hydrogen-bond donors (Lipinski definition) is 2. The number of nitrogens with two attached hydrogens (primary N) is 1. The predicted octanol–water partition coefficient (Wildman–Crippen LogP) is 2.59. The van der Waals surface area contributed by atoms with Gasteiger partial charge in [-0.1, -0.05) is 6.07 Å². The number of carbonyl (C=O) groups is 2. The molecule has 1 aliphatic rings. The van der Waals surface area contributed by atoms with Crippen molar-refractivity contribution in [3.63, 3.8) is 0 Å². The number of alkyl halides is 2. The Labute approximate surface area is 177 Å². The van der Waals surface area contributed by atoms with Crippen LogP contribution in [0.3, 0.4) is 0 Å². The first-order valence-electron chi connectivity index (χ1n) is 10.1. The molecule has 3 aromatic rings. The molecule has 0 aliphatic carbocycles. The predicted molar refractivity (Wildman–Crippen MR) is 113 cm³/mol. The van der Waals surface area contributed by atoms with Crippen LogP contribution in [0.4, 0.5) is 8.78 Å². The molecule has 1 fully saturated rings. The minimum absolute atomic E-state index is 0.0316. The van der Waals surface area contributed by atoms with Crippen LogP contribution < -0.4 is 11.1 Å². The van der Waals surface area contributed by atoms with Crippen LogP contribution in [0.1, 0.15) is 33.6 Å². The summed E-state index contributed by atoms with van der Waals surface area (Å²) in [4.78, 5) is 30.8. The van der Waals surface area contributed by atoms with Gasteiger partial charge in [-0.05, 0) is 30.3 Å². The van der Waals surface area contributed by atoms with Crippen molar-refractivity contribution in [2.24, 2.45) is 5.73 Å². The molecule has 9 heteroatoms. The number of fused-ring (bicyclic) bond motifs is 1. The van der Waals surface area contributed by atoms with E-state index in [4.69, 9.17) is 5.73 Å². The molecule has 1 aromatic carbocycles. The molecular formula is C22H23F2N5O2. The summed E-state index contributed by atoms with van der Waals surface area (Å²) in [5.41, 5.74) is 7.67. The number of amides is 2. The van der Waals surface area contributed by atoms with E-state index >= 15 is 0 Å². The molecule has 2 aromatic heterocycles.